The van der Waals surface area contributed by atoms with Gasteiger partial charge in [0.05, 0.1) is 11.2 Å². The fourth-order valence-corrected chi connectivity index (χ4v) is 6.06. The molecule has 0 aromatic rings. The van der Waals surface area contributed by atoms with Crippen LogP contribution in [0, 0.1) is 22.7 Å². The van der Waals surface area contributed by atoms with Crippen LogP contribution in [0.2, 0.25) is 0 Å². The SMILES string of the molecule is C=C[C@](C)(O)CC[C@@]1(O)[C@@H](C)CC[C@@H]2C(C)(C)[C@H](Br)CC[C@]21C. The number of fused-ring (bicyclic) bond motifs is 1. The lowest BCUT2D eigenvalue weighted by atomic mass is 9.44. The minimum atomic E-state index is -0.902. The van der Waals surface area contributed by atoms with Crippen molar-refractivity contribution >= 4 is 15.9 Å². The summed E-state index contributed by atoms with van der Waals surface area (Å²) in [7, 11) is 0. The van der Waals surface area contributed by atoms with Gasteiger partial charge in [-0.3, -0.25) is 0 Å². The van der Waals surface area contributed by atoms with E-state index in [4.69, 9.17) is 0 Å². The molecule has 0 amide bonds. The Morgan fingerprint density at radius 1 is 1.26 bits per heavy atom. The molecule has 0 aliphatic heterocycles. The summed E-state index contributed by atoms with van der Waals surface area (Å²) in [6.07, 6.45) is 7.22. The van der Waals surface area contributed by atoms with Crippen molar-refractivity contribution in [2.45, 2.75) is 89.2 Å². The lowest BCUT2D eigenvalue weighted by Gasteiger charge is -2.64. The lowest BCUT2D eigenvalue weighted by Crippen LogP contribution is -2.64. The Morgan fingerprint density at radius 2 is 1.87 bits per heavy atom. The Balaban J connectivity index is 2.35. The van der Waals surface area contributed by atoms with Gasteiger partial charge in [-0.1, -0.05) is 49.7 Å². The average molecular weight is 387 g/mol. The third kappa shape index (κ3) is 3.06. The van der Waals surface area contributed by atoms with Gasteiger partial charge in [0.25, 0.3) is 0 Å². The van der Waals surface area contributed by atoms with Gasteiger partial charge in [-0.15, -0.1) is 6.58 Å². The van der Waals surface area contributed by atoms with Crippen molar-refractivity contribution in [2.75, 3.05) is 0 Å². The molecule has 0 spiro atoms. The zero-order chi connectivity index (χ0) is 17.7. The molecule has 0 aromatic heterocycles. The van der Waals surface area contributed by atoms with E-state index in [2.05, 4.69) is 50.2 Å². The van der Waals surface area contributed by atoms with Crippen molar-refractivity contribution in [3.8, 4) is 0 Å². The summed E-state index contributed by atoms with van der Waals surface area (Å²) < 4.78 is 0. The van der Waals surface area contributed by atoms with Gasteiger partial charge in [0, 0.05) is 4.83 Å². The van der Waals surface area contributed by atoms with Gasteiger partial charge in [-0.25, -0.2) is 0 Å². The maximum absolute atomic E-state index is 11.8. The zero-order valence-corrected chi connectivity index (χ0v) is 17.1. The van der Waals surface area contributed by atoms with Crippen molar-refractivity contribution in [3.63, 3.8) is 0 Å². The van der Waals surface area contributed by atoms with E-state index in [1.165, 1.54) is 6.42 Å². The third-order valence-corrected chi connectivity index (χ3v) is 9.17. The first kappa shape index (κ1) is 19.5. The normalized spacial score (nSPS) is 45.8. The van der Waals surface area contributed by atoms with E-state index in [-0.39, 0.29) is 16.7 Å². The van der Waals surface area contributed by atoms with Crippen molar-refractivity contribution in [1.82, 2.24) is 0 Å². The zero-order valence-electron chi connectivity index (χ0n) is 15.5. The van der Waals surface area contributed by atoms with Crippen molar-refractivity contribution < 1.29 is 10.2 Å². The highest BCUT2D eigenvalue weighted by Crippen LogP contribution is 2.64. The monoisotopic (exact) mass is 386 g/mol. The van der Waals surface area contributed by atoms with Gasteiger partial charge in [-0.05, 0) is 68.1 Å². The third-order valence-electron chi connectivity index (χ3n) is 7.54. The molecule has 2 saturated carbocycles. The fourth-order valence-electron chi connectivity index (χ4n) is 5.52. The molecule has 0 bridgehead atoms. The molecular formula is C20H35BrO2. The first-order valence-electron chi connectivity index (χ1n) is 9.13. The van der Waals surface area contributed by atoms with Crippen LogP contribution in [0.1, 0.15) is 73.1 Å². The lowest BCUT2D eigenvalue weighted by molar-refractivity contribution is -0.213. The summed E-state index contributed by atoms with van der Waals surface area (Å²) in [5, 5.41) is 22.2. The number of hydrogen-bond acceptors (Lipinski definition) is 2. The molecule has 6 atom stereocenters. The highest BCUT2D eigenvalue weighted by molar-refractivity contribution is 9.09. The van der Waals surface area contributed by atoms with Gasteiger partial charge in [0.15, 0.2) is 0 Å². The minimum Gasteiger partial charge on any atom is -0.389 e. The van der Waals surface area contributed by atoms with Crippen molar-refractivity contribution in [1.29, 1.82) is 0 Å². The first-order valence-corrected chi connectivity index (χ1v) is 10.0. The average Bonchev–Trinajstić information content (AvgIpc) is 2.47. The molecule has 2 aliphatic carbocycles. The number of hydrogen-bond donors (Lipinski definition) is 2. The number of aliphatic hydroxyl groups is 2. The van der Waals surface area contributed by atoms with Crippen LogP contribution in [0.4, 0.5) is 0 Å². The van der Waals surface area contributed by atoms with Crippen LogP contribution in [0.15, 0.2) is 12.7 Å². The van der Waals surface area contributed by atoms with E-state index in [9.17, 15) is 10.2 Å². The highest BCUT2D eigenvalue weighted by Gasteiger charge is 2.62. The standard InChI is InChI=1S/C20H35BrO2/c1-7-18(5,22)12-13-20(23)14(2)8-9-15-17(3,4)16(21)10-11-19(15,20)6/h7,14-16,22-23H,1,8-13H2,2-6H3/t14-,15+,16+,18-,19+,20+/m0/s1. The quantitative estimate of drug-likeness (QED) is 0.522. The molecule has 2 rings (SSSR count). The van der Waals surface area contributed by atoms with E-state index < -0.39 is 11.2 Å². The summed E-state index contributed by atoms with van der Waals surface area (Å²) in [5.74, 6) is 0.773. The van der Waals surface area contributed by atoms with Crippen LogP contribution in [0.3, 0.4) is 0 Å². The molecule has 2 N–H and O–H groups in total. The molecule has 134 valence electrons. The Bertz CT molecular complexity index is 459. The second-order valence-corrected chi connectivity index (χ2v) is 10.4. The summed E-state index contributed by atoms with van der Waals surface area (Å²) in [6.45, 7) is 14.7. The smallest absolute Gasteiger partial charge is 0.0798 e. The van der Waals surface area contributed by atoms with Gasteiger partial charge in [0.1, 0.15) is 0 Å². The summed E-state index contributed by atoms with van der Waals surface area (Å²) in [6, 6.07) is 0. The fraction of sp³-hybridized carbons (Fsp3) is 0.900. The highest BCUT2D eigenvalue weighted by atomic mass is 79.9. The van der Waals surface area contributed by atoms with Gasteiger partial charge < -0.3 is 10.2 Å². The van der Waals surface area contributed by atoms with Gasteiger partial charge in [0.2, 0.25) is 0 Å². The Kier molecular flexibility index (Phi) is 5.20. The predicted molar refractivity (Wildman–Crippen MR) is 101 cm³/mol. The van der Waals surface area contributed by atoms with Gasteiger partial charge >= 0.3 is 0 Å². The van der Waals surface area contributed by atoms with Crippen molar-refractivity contribution in [3.05, 3.63) is 12.7 Å². The molecule has 2 nitrogen and oxygen atoms in total. The first-order chi connectivity index (χ1) is 10.4. The molecule has 0 heterocycles. The second-order valence-electron chi connectivity index (χ2n) is 9.26. The molecule has 0 aromatic carbocycles. The largest absolute Gasteiger partial charge is 0.389 e. The summed E-state index contributed by atoms with van der Waals surface area (Å²) >= 11 is 3.90. The van der Waals surface area contributed by atoms with Crippen LogP contribution in [-0.2, 0) is 0 Å². The van der Waals surface area contributed by atoms with Crippen LogP contribution in [0.5, 0.6) is 0 Å². The minimum absolute atomic E-state index is 0.0876. The summed E-state index contributed by atoms with van der Waals surface area (Å²) in [5.41, 5.74) is -1.52. The van der Waals surface area contributed by atoms with Crippen LogP contribution in [-0.4, -0.2) is 26.2 Å². The number of rotatable bonds is 4. The maximum Gasteiger partial charge on any atom is 0.0798 e. The second kappa shape index (κ2) is 6.14. The molecule has 23 heavy (non-hydrogen) atoms. The van der Waals surface area contributed by atoms with Crippen LogP contribution >= 0.6 is 15.9 Å². The topological polar surface area (TPSA) is 40.5 Å². The predicted octanol–water partition coefficient (Wildman–Crippen LogP) is 5.07. The van der Waals surface area contributed by atoms with E-state index in [1.54, 1.807) is 13.0 Å². The summed E-state index contributed by atoms with van der Waals surface area (Å²) in [4.78, 5) is 0.516. The van der Waals surface area contributed by atoms with Gasteiger partial charge in [-0.2, -0.15) is 0 Å². The van der Waals surface area contributed by atoms with E-state index >= 15 is 0 Å². The molecule has 0 unspecified atom stereocenters. The Hall–Kier alpha value is 0.140. The Morgan fingerprint density at radius 3 is 2.43 bits per heavy atom. The van der Waals surface area contributed by atoms with E-state index in [1.807, 2.05) is 0 Å². The maximum atomic E-state index is 11.8. The van der Waals surface area contributed by atoms with Crippen LogP contribution in [0.25, 0.3) is 0 Å². The number of halogens is 1. The van der Waals surface area contributed by atoms with Crippen molar-refractivity contribution in [2.24, 2.45) is 22.7 Å². The molecule has 2 fully saturated rings. The number of alkyl halides is 1. The van der Waals surface area contributed by atoms with Crippen LogP contribution < -0.4 is 0 Å². The molecule has 0 radical (unpaired) electrons. The molecule has 2 aliphatic rings. The Labute approximate surface area is 150 Å². The van der Waals surface area contributed by atoms with E-state index in [0.717, 1.165) is 19.3 Å². The molecular weight excluding hydrogens is 352 g/mol. The molecule has 3 heteroatoms. The van der Waals surface area contributed by atoms with E-state index in [0.29, 0.717) is 23.6 Å². The molecule has 0 saturated heterocycles.